The van der Waals surface area contributed by atoms with Crippen LogP contribution in [0.15, 0.2) is 27.1 Å². The van der Waals surface area contributed by atoms with Crippen LogP contribution in [0.2, 0.25) is 0 Å². The lowest BCUT2D eigenvalue weighted by Crippen LogP contribution is -2.06. The molecular formula is C15H18N4O2. The second-order valence-electron chi connectivity index (χ2n) is 5.44. The molecule has 6 nitrogen and oxygen atoms in total. The summed E-state index contributed by atoms with van der Waals surface area (Å²) in [5, 5.41) is 7.12. The van der Waals surface area contributed by atoms with Crippen molar-refractivity contribution in [2.75, 3.05) is 5.32 Å². The number of anilines is 1. The van der Waals surface area contributed by atoms with Crippen LogP contribution in [0.25, 0.3) is 11.1 Å². The van der Waals surface area contributed by atoms with E-state index in [9.17, 15) is 0 Å². The Morgan fingerprint density at radius 2 is 1.90 bits per heavy atom. The zero-order chi connectivity index (χ0) is 15.0. The third-order valence-electron chi connectivity index (χ3n) is 3.19. The van der Waals surface area contributed by atoms with Crippen LogP contribution in [-0.4, -0.2) is 15.1 Å². The first-order valence-electron chi connectivity index (χ1n) is 7.00. The molecule has 0 aliphatic carbocycles. The van der Waals surface area contributed by atoms with Crippen molar-refractivity contribution >= 4 is 16.8 Å². The van der Waals surface area contributed by atoms with E-state index in [0.29, 0.717) is 11.7 Å². The van der Waals surface area contributed by atoms with Gasteiger partial charge in [-0.05, 0) is 32.0 Å². The lowest BCUT2D eigenvalue weighted by Gasteiger charge is -2.10. The van der Waals surface area contributed by atoms with E-state index in [0.717, 1.165) is 22.7 Å². The Kier molecular flexibility index (Phi) is 3.37. The van der Waals surface area contributed by atoms with E-state index in [1.54, 1.807) is 6.92 Å². The van der Waals surface area contributed by atoms with Crippen molar-refractivity contribution in [1.82, 2.24) is 15.1 Å². The van der Waals surface area contributed by atoms with Gasteiger partial charge in [-0.15, -0.1) is 0 Å². The second-order valence-corrected chi connectivity index (χ2v) is 5.44. The average Bonchev–Trinajstić information content (AvgIpc) is 3.04. The summed E-state index contributed by atoms with van der Waals surface area (Å²) in [6, 6.07) is 5.77. The standard InChI is InChI=1S/C15H18N4O2/c1-8(2)14-18-12-7-11(5-6-13(12)20-14)16-9(3)15-17-10(4)19-21-15/h5-9,16H,1-4H3/t9-/m0/s1. The van der Waals surface area contributed by atoms with Crippen LogP contribution in [0.5, 0.6) is 0 Å². The normalized spacial score (nSPS) is 13.0. The minimum atomic E-state index is -0.0693. The molecule has 6 heteroatoms. The molecule has 3 aromatic rings. The summed E-state index contributed by atoms with van der Waals surface area (Å²) in [4.78, 5) is 8.72. The zero-order valence-electron chi connectivity index (χ0n) is 12.5. The van der Waals surface area contributed by atoms with Crippen LogP contribution >= 0.6 is 0 Å². The van der Waals surface area contributed by atoms with Gasteiger partial charge in [-0.25, -0.2) is 4.98 Å². The number of aromatic nitrogens is 3. The maximum Gasteiger partial charge on any atom is 0.248 e. The predicted molar refractivity (Wildman–Crippen MR) is 79.2 cm³/mol. The Morgan fingerprint density at radius 3 is 2.57 bits per heavy atom. The van der Waals surface area contributed by atoms with Gasteiger partial charge in [0.15, 0.2) is 17.3 Å². The summed E-state index contributed by atoms with van der Waals surface area (Å²) >= 11 is 0. The largest absolute Gasteiger partial charge is 0.440 e. The van der Waals surface area contributed by atoms with Crippen LogP contribution in [0.1, 0.15) is 50.3 Å². The molecule has 1 aromatic carbocycles. The quantitative estimate of drug-likeness (QED) is 0.785. The molecule has 3 rings (SSSR count). The molecule has 0 unspecified atom stereocenters. The van der Waals surface area contributed by atoms with Crippen molar-refractivity contribution in [1.29, 1.82) is 0 Å². The maximum absolute atomic E-state index is 5.70. The number of fused-ring (bicyclic) bond motifs is 1. The first kappa shape index (κ1) is 13.6. The van der Waals surface area contributed by atoms with Gasteiger partial charge in [0.25, 0.3) is 0 Å². The summed E-state index contributed by atoms with van der Waals surface area (Å²) < 4.78 is 10.9. The molecule has 0 saturated heterocycles. The summed E-state index contributed by atoms with van der Waals surface area (Å²) in [5.41, 5.74) is 2.58. The van der Waals surface area contributed by atoms with Gasteiger partial charge >= 0.3 is 0 Å². The molecule has 21 heavy (non-hydrogen) atoms. The first-order valence-corrected chi connectivity index (χ1v) is 7.00. The fourth-order valence-electron chi connectivity index (χ4n) is 2.08. The highest BCUT2D eigenvalue weighted by molar-refractivity contribution is 5.77. The molecule has 0 saturated carbocycles. The molecule has 0 radical (unpaired) electrons. The van der Waals surface area contributed by atoms with Gasteiger partial charge in [-0.3, -0.25) is 0 Å². The zero-order valence-corrected chi connectivity index (χ0v) is 12.5. The molecule has 2 aromatic heterocycles. The molecule has 0 spiro atoms. The molecule has 0 aliphatic rings. The minimum Gasteiger partial charge on any atom is -0.440 e. The van der Waals surface area contributed by atoms with Gasteiger partial charge in [0, 0.05) is 11.6 Å². The number of oxazole rings is 1. The van der Waals surface area contributed by atoms with Crippen molar-refractivity contribution in [2.45, 2.75) is 39.7 Å². The Balaban J connectivity index is 1.83. The van der Waals surface area contributed by atoms with E-state index >= 15 is 0 Å². The highest BCUT2D eigenvalue weighted by Crippen LogP contribution is 2.25. The molecule has 0 aliphatic heterocycles. The van der Waals surface area contributed by atoms with Crippen LogP contribution < -0.4 is 5.32 Å². The molecule has 0 fully saturated rings. The van der Waals surface area contributed by atoms with E-state index in [1.807, 2.05) is 25.1 Å². The molecule has 1 N–H and O–H groups in total. The fourth-order valence-corrected chi connectivity index (χ4v) is 2.08. The fraction of sp³-hybridized carbons (Fsp3) is 0.400. The lowest BCUT2D eigenvalue weighted by molar-refractivity contribution is 0.364. The first-order chi connectivity index (χ1) is 10.0. The van der Waals surface area contributed by atoms with Crippen molar-refractivity contribution in [3.8, 4) is 0 Å². The van der Waals surface area contributed by atoms with Crippen molar-refractivity contribution in [3.63, 3.8) is 0 Å². The van der Waals surface area contributed by atoms with Gasteiger partial charge in [-0.1, -0.05) is 19.0 Å². The smallest absolute Gasteiger partial charge is 0.248 e. The Morgan fingerprint density at radius 1 is 1.10 bits per heavy atom. The third kappa shape index (κ3) is 2.74. The summed E-state index contributed by atoms with van der Waals surface area (Å²) in [5.74, 6) is 2.22. The monoisotopic (exact) mass is 286 g/mol. The van der Waals surface area contributed by atoms with Gasteiger partial charge in [-0.2, -0.15) is 4.98 Å². The molecule has 0 amide bonds. The number of aryl methyl sites for hydroxylation is 1. The number of hydrogen-bond donors (Lipinski definition) is 1. The Bertz CT molecular complexity index is 760. The number of benzene rings is 1. The number of nitrogens with one attached hydrogen (secondary N) is 1. The van der Waals surface area contributed by atoms with E-state index in [2.05, 4.69) is 34.3 Å². The molecule has 110 valence electrons. The predicted octanol–water partition coefficient (Wildman–Crippen LogP) is 3.82. The molecule has 0 bridgehead atoms. The molecule has 1 atom stereocenters. The molecular weight excluding hydrogens is 268 g/mol. The average molecular weight is 286 g/mol. The van der Waals surface area contributed by atoms with Gasteiger partial charge in [0.05, 0.1) is 0 Å². The van der Waals surface area contributed by atoms with Crippen LogP contribution in [-0.2, 0) is 0 Å². The van der Waals surface area contributed by atoms with Crippen LogP contribution in [0.3, 0.4) is 0 Å². The Labute approximate surface area is 122 Å². The number of rotatable bonds is 4. The van der Waals surface area contributed by atoms with Gasteiger partial charge in [0.1, 0.15) is 11.6 Å². The van der Waals surface area contributed by atoms with Crippen molar-refractivity contribution in [3.05, 3.63) is 35.8 Å². The van der Waals surface area contributed by atoms with E-state index < -0.39 is 0 Å². The number of hydrogen-bond acceptors (Lipinski definition) is 6. The highest BCUT2D eigenvalue weighted by atomic mass is 16.5. The third-order valence-corrected chi connectivity index (χ3v) is 3.19. The van der Waals surface area contributed by atoms with Crippen molar-refractivity contribution in [2.24, 2.45) is 0 Å². The van der Waals surface area contributed by atoms with Gasteiger partial charge < -0.3 is 14.3 Å². The minimum absolute atomic E-state index is 0.0693. The number of nitrogens with zero attached hydrogens (tertiary/aromatic N) is 3. The van der Waals surface area contributed by atoms with E-state index in [1.165, 1.54) is 0 Å². The Hall–Kier alpha value is -2.37. The highest BCUT2D eigenvalue weighted by Gasteiger charge is 2.14. The van der Waals surface area contributed by atoms with Gasteiger partial charge in [0.2, 0.25) is 5.89 Å². The SMILES string of the molecule is Cc1noc([C@H](C)Nc2ccc3oc(C(C)C)nc3c2)n1. The maximum atomic E-state index is 5.70. The molecule has 2 heterocycles. The summed E-state index contributed by atoms with van der Waals surface area (Å²) in [6.07, 6.45) is 0. The summed E-state index contributed by atoms with van der Waals surface area (Å²) in [6.45, 7) is 7.89. The van der Waals surface area contributed by atoms with E-state index in [-0.39, 0.29) is 12.0 Å². The second kappa shape index (κ2) is 5.20. The topological polar surface area (TPSA) is 77.0 Å². The summed E-state index contributed by atoms with van der Waals surface area (Å²) in [7, 11) is 0. The van der Waals surface area contributed by atoms with Crippen LogP contribution in [0.4, 0.5) is 5.69 Å². The lowest BCUT2D eigenvalue weighted by atomic mass is 10.2. The van der Waals surface area contributed by atoms with Crippen LogP contribution in [0, 0.1) is 6.92 Å². The van der Waals surface area contributed by atoms with Crippen molar-refractivity contribution < 1.29 is 8.94 Å². The van der Waals surface area contributed by atoms with E-state index in [4.69, 9.17) is 8.94 Å².